The van der Waals surface area contributed by atoms with Gasteiger partial charge in [0.1, 0.15) is 72.2 Å². The molecule has 2 unspecified atom stereocenters. The maximum atomic E-state index is 15.7. The lowest BCUT2D eigenvalue weighted by atomic mass is 9.98. The van der Waals surface area contributed by atoms with Gasteiger partial charge in [0.15, 0.2) is 23.2 Å². The first-order valence-corrected chi connectivity index (χ1v) is 46.4. The summed E-state index contributed by atoms with van der Waals surface area (Å²) >= 11 is 1.86. The number of nitrogens with one attached hydrogen (secondary N) is 9. The zero-order valence-corrected chi connectivity index (χ0v) is 78.0. The van der Waals surface area contributed by atoms with Gasteiger partial charge in [-0.15, -0.1) is 23.5 Å². The normalized spacial score (nSPS) is 16.6. The number of phenolic OH excluding ortho intramolecular Hbond substituents is 1. The second-order valence-electron chi connectivity index (χ2n) is 34.4. The largest absolute Gasteiger partial charge is 0.508 e. The molecule has 0 aliphatic carbocycles. The first kappa shape index (κ1) is 107. The van der Waals surface area contributed by atoms with Crippen molar-refractivity contribution in [2.75, 3.05) is 57.4 Å². The molecule has 14 atom stereocenters. The number of likely N-dealkylation sites (N-methyl/N-ethyl adjacent to an activating group) is 3. The zero-order chi connectivity index (χ0) is 99.4. The highest BCUT2D eigenvalue weighted by atomic mass is 32.2. The molecule has 0 bridgehead atoms. The molecule has 135 heavy (non-hydrogen) atoms. The number of amides is 14. The van der Waals surface area contributed by atoms with Gasteiger partial charge in [0, 0.05) is 94.8 Å². The number of aliphatic hydroxyl groups excluding tert-OH is 1. The van der Waals surface area contributed by atoms with Crippen molar-refractivity contribution in [1.29, 1.82) is 0 Å². The van der Waals surface area contributed by atoms with Gasteiger partial charge in [-0.1, -0.05) is 138 Å². The second-order valence-corrected chi connectivity index (χ2v) is 36.4. The van der Waals surface area contributed by atoms with E-state index in [0.717, 1.165) is 27.3 Å². The Balaban J connectivity index is 1.02. The molecule has 17 N–H and O–H groups in total. The summed E-state index contributed by atoms with van der Waals surface area (Å²) in [4.78, 5) is 249. The van der Waals surface area contributed by atoms with Crippen LogP contribution in [0.5, 0.6) is 5.75 Å². The molecular weight excluding hydrogens is 1800 g/mol. The highest BCUT2D eigenvalue weighted by Gasteiger charge is 2.47. The van der Waals surface area contributed by atoms with Gasteiger partial charge in [0.2, 0.25) is 82.7 Å². The first-order chi connectivity index (χ1) is 63.9. The monoisotopic (exact) mass is 1920 g/mol. The number of para-hydroxylation sites is 1. The number of ketones is 1. The number of thioether (sulfide) groups is 2. The number of carbonyl (C=O) groups is 17. The minimum atomic E-state index is -1.91. The molecular formula is C93H119F3N16O21S2. The molecule has 14 amide bonds. The van der Waals surface area contributed by atoms with Gasteiger partial charge in [-0.2, -0.15) is 0 Å². The van der Waals surface area contributed by atoms with Crippen molar-refractivity contribution in [3.8, 4) is 5.75 Å². The minimum Gasteiger partial charge on any atom is -0.508 e. The maximum absolute atomic E-state index is 15.7. The number of carboxylic acid groups (broad SMARTS) is 2. The van der Waals surface area contributed by atoms with Crippen molar-refractivity contribution in [1.82, 2.24) is 72.0 Å². The van der Waals surface area contributed by atoms with E-state index in [1.165, 1.54) is 66.8 Å². The number of aliphatic carboxylic acids is 2. The number of H-pyrrole nitrogens is 1. The van der Waals surface area contributed by atoms with Crippen LogP contribution in [-0.4, -0.2) is 292 Å². The first-order valence-electron chi connectivity index (χ1n) is 44.1. The highest BCUT2D eigenvalue weighted by molar-refractivity contribution is 8.00. The van der Waals surface area contributed by atoms with Crippen LogP contribution in [0.1, 0.15) is 121 Å². The molecule has 2 saturated heterocycles. The fourth-order valence-corrected chi connectivity index (χ4v) is 17.8. The summed E-state index contributed by atoms with van der Waals surface area (Å²) < 4.78 is 45.1. The van der Waals surface area contributed by atoms with Crippen LogP contribution in [0.4, 0.5) is 13.2 Å². The van der Waals surface area contributed by atoms with Crippen LogP contribution in [0.15, 0.2) is 128 Å². The van der Waals surface area contributed by atoms with E-state index in [9.17, 15) is 82.4 Å². The third-order valence-corrected chi connectivity index (χ3v) is 25.3. The number of aromatic amines is 1. The number of phenols is 1. The van der Waals surface area contributed by atoms with E-state index >= 15 is 32.8 Å². The lowest BCUT2D eigenvalue weighted by molar-refractivity contribution is -0.152. The van der Waals surface area contributed by atoms with Crippen molar-refractivity contribution >= 4 is 135 Å². The number of primary amides is 1. The maximum Gasteiger partial charge on any atom is 0.305 e. The van der Waals surface area contributed by atoms with Crippen LogP contribution in [0.2, 0.25) is 0 Å². The number of nitrogens with zero attached hydrogens (tertiary/aromatic N) is 5. The number of aliphatic hydroxyl groups is 1. The number of nitrogens with two attached hydrogens (primary N) is 2. The average Bonchev–Trinajstić information content (AvgIpc) is 1.73. The van der Waals surface area contributed by atoms with Gasteiger partial charge in [-0.25, -0.2) is 13.2 Å². The zero-order valence-electron chi connectivity index (χ0n) is 76.4. The molecule has 0 radical (unpaired) electrons. The van der Waals surface area contributed by atoms with Gasteiger partial charge in [-0.05, 0) is 103 Å². The van der Waals surface area contributed by atoms with Gasteiger partial charge in [-0.3, -0.25) is 81.5 Å². The van der Waals surface area contributed by atoms with Crippen LogP contribution >= 0.6 is 23.5 Å². The number of likely N-dealkylation sites (tertiary alicyclic amines) is 1. The minimum absolute atomic E-state index is 0.00536. The van der Waals surface area contributed by atoms with E-state index in [4.69, 9.17) is 11.5 Å². The van der Waals surface area contributed by atoms with Gasteiger partial charge in [0.05, 0.1) is 42.8 Å². The third kappa shape index (κ3) is 31.0. The number of carboxylic acids is 2. The average molecular weight is 1920 g/mol. The Hall–Kier alpha value is -13.0. The number of carbonyl (C=O) groups excluding carboxylic acids is 15. The molecule has 1 aromatic heterocycles. The van der Waals surface area contributed by atoms with E-state index in [2.05, 4.69) is 47.5 Å². The number of aromatic hydroxyl groups is 1. The van der Waals surface area contributed by atoms with Crippen LogP contribution < -0.4 is 54.0 Å². The third-order valence-electron chi connectivity index (χ3n) is 23.2. The molecule has 2 aliphatic rings. The number of aromatic nitrogens is 1. The van der Waals surface area contributed by atoms with E-state index in [0.29, 0.717) is 57.9 Å². The number of rotatable bonds is 50. The number of benzene rings is 5. The number of unbranched alkanes of at least 4 members (excludes halogenated alkanes) is 1. The quantitative estimate of drug-likeness (QED) is 0.0243. The van der Waals surface area contributed by atoms with Gasteiger partial charge >= 0.3 is 11.9 Å². The standard InChI is InChI=1S/C93H119F3N16O21S2/c1-10-11-26-71(92(132)111-45-59(115)41-73(111)87(127)105-68(42-79(120)121)86(126)107-81(51(4)5)93(133)109(8)72(52(6)113)38-53-20-14-12-15-21-53)108(7)91(131)74(39-54-22-16-13-17-23-54)110(9)90(130)69(37-56-34-61(94)80(96)62(95)35-56)101-77(117)48-134-46-70(82(122)100-44-76(98)116)106-83(123)65(33-50(2)3)102-84(124)66(36-55-27-29-58(114)30-28-55)103-85(125)67(40-57-43-99-64-25-19-18-24-60(57)64)104-88(128)75-47-135-49-112(75)89(129)63(97)31-32-78(118)119/h12-25,27-30,34-35,43,50-51,59,63,65-75,81,99,114-115H,10-11,26,31-33,36-42,44-49,97H2,1-9H3,(H2,98,116)(H,100,122)(H,101,117)(H,102,124)(H,103,125)(H,104,128)(H,105,127)(H,106,123)(H,107,126)(H,118,119)(H,120,121)/t59-,63+,65+,66+,67+,68+,69+,70+,71+,72?,73-,74?,75-,81+/m1/s1. The Morgan fingerprint density at radius 1 is 0.570 bits per heavy atom. The molecule has 2 aliphatic heterocycles. The highest BCUT2D eigenvalue weighted by Crippen LogP contribution is 2.29. The predicted octanol–water partition coefficient (Wildman–Crippen LogP) is 2.02. The summed E-state index contributed by atoms with van der Waals surface area (Å²) in [5.74, 6) is -24.3. The molecule has 5 aromatic carbocycles. The van der Waals surface area contributed by atoms with E-state index in [1.807, 2.05) is 0 Å². The molecule has 2 fully saturated rings. The smallest absolute Gasteiger partial charge is 0.305 e. The lowest BCUT2D eigenvalue weighted by Gasteiger charge is -2.38. The van der Waals surface area contributed by atoms with Crippen molar-refractivity contribution in [3.05, 3.63) is 173 Å². The fourth-order valence-electron chi connectivity index (χ4n) is 15.8. The van der Waals surface area contributed by atoms with Crippen molar-refractivity contribution in [2.24, 2.45) is 23.3 Å². The van der Waals surface area contributed by atoms with Crippen LogP contribution in [-0.2, 0) is 114 Å². The summed E-state index contributed by atoms with van der Waals surface area (Å²) in [5.41, 5.74) is 13.9. The SMILES string of the molecule is CCCC[C@@H](C(=O)N1C[C@H](O)C[C@@H]1C(=O)N[C@@H](CC(=O)O)C(=O)N[C@H](C(=O)N(C)C(Cc1ccccc1)C(C)=O)C(C)C)N(C)C(=O)C(Cc1ccccc1)N(C)C(=O)[C@H](Cc1cc(F)c(F)c(F)c1)NC(=O)CSC[C@H](NC(=O)[C@H](CC(C)C)NC(=O)[C@H](Cc1ccc(O)cc1)NC(=O)[C@H](Cc1c[nH]c2ccccc12)NC(=O)[C@H]1CSCN1C(=O)[C@@H](N)CCC(=O)O)C(=O)NCC(N)=O. The Morgan fingerprint density at radius 3 is 1.70 bits per heavy atom. The van der Waals surface area contributed by atoms with Crippen molar-refractivity contribution < 1.29 is 115 Å². The molecule has 0 spiro atoms. The van der Waals surface area contributed by atoms with Crippen molar-refractivity contribution in [2.45, 2.75) is 210 Å². The van der Waals surface area contributed by atoms with E-state index < -0.39 is 259 Å². The number of halogens is 3. The van der Waals surface area contributed by atoms with E-state index in [-0.39, 0.29) is 80.1 Å². The summed E-state index contributed by atoms with van der Waals surface area (Å²) in [6, 6.07) is 10.9. The number of hydrogen-bond acceptors (Lipinski definition) is 22. The fraction of sp³-hybridized carbons (Fsp3) is 0.473. The van der Waals surface area contributed by atoms with Crippen LogP contribution in [0.25, 0.3) is 10.9 Å². The summed E-state index contributed by atoms with van der Waals surface area (Å²) in [6.07, 6.45) is -3.09. The Kier molecular flexibility index (Phi) is 40.5. The Bertz CT molecular complexity index is 5220. The van der Waals surface area contributed by atoms with Crippen LogP contribution in [0.3, 0.4) is 0 Å². The molecule has 42 heteroatoms. The lowest BCUT2D eigenvalue weighted by Crippen LogP contribution is -2.61. The molecule has 6 aromatic rings. The topological polar surface area (TPSA) is 551 Å². The summed E-state index contributed by atoms with van der Waals surface area (Å²) in [6.45, 7) is 8.35. The predicted molar refractivity (Wildman–Crippen MR) is 493 cm³/mol. The number of hydrogen-bond donors (Lipinski definition) is 15. The van der Waals surface area contributed by atoms with Gasteiger partial charge in [0.25, 0.3) is 0 Å². The van der Waals surface area contributed by atoms with Crippen molar-refractivity contribution in [3.63, 3.8) is 0 Å². The molecule has 8 rings (SSSR count). The van der Waals surface area contributed by atoms with E-state index in [1.54, 1.807) is 126 Å². The molecule has 37 nitrogen and oxygen atoms in total. The number of Topliss-reactive ketones (excluding diaryl/α,β-unsaturated/α-hetero) is 1. The molecule has 730 valence electrons. The Morgan fingerprint density at radius 2 is 1.11 bits per heavy atom. The summed E-state index contributed by atoms with van der Waals surface area (Å²) in [5, 5.41) is 62.1. The Labute approximate surface area is 786 Å². The molecule has 3 heterocycles. The van der Waals surface area contributed by atoms with Gasteiger partial charge < -0.3 is 104 Å². The summed E-state index contributed by atoms with van der Waals surface area (Å²) in [7, 11) is 3.78. The number of β-amino-alcohol motifs (C(OH)–C–C–N with tert-alkyl or cyclic N) is 1. The number of fused-ring (bicyclic) bond motifs is 1. The van der Waals surface area contributed by atoms with Crippen LogP contribution in [0, 0.1) is 29.3 Å². The molecule has 0 saturated carbocycles. The second kappa shape index (κ2) is 50.9.